The van der Waals surface area contributed by atoms with Crippen LogP contribution in [0.25, 0.3) is 0 Å². The molecule has 2 aromatic rings. The SMILES string of the molecule is O=C1CN(C(=O)Nc2ccn(Cc3ccccc3)n2)CCN1. The topological polar surface area (TPSA) is 79.3 Å². The van der Waals surface area contributed by atoms with Crippen LogP contribution >= 0.6 is 0 Å². The predicted molar refractivity (Wildman–Crippen MR) is 81.4 cm³/mol. The first kappa shape index (κ1) is 14.1. The van der Waals surface area contributed by atoms with E-state index in [0.29, 0.717) is 25.5 Å². The molecular formula is C15H17N5O2. The average molecular weight is 299 g/mol. The fourth-order valence-corrected chi connectivity index (χ4v) is 2.29. The van der Waals surface area contributed by atoms with Crippen molar-refractivity contribution in [2.45, 2.75) is 6.54 Å². The summed E-state index contributed by atoms with van der Waals surface area (Å²) < 4.78 is 1.76. The van der Waals surface area contributed by atoms with E-state index in [9.17, 15) is 9.59 Å². The second-order valence-electron chi connectivity index (χ2n) is 5.09. The first-order chi connectivity index (χ1) is 10.7. The van der Waals surface area contributed by atoms with Gasteiger partial charge in [0.2, 0.25) is 5.91 Å². The third kappa shape index (κ3) is 3.43. The molecule has 22 heavy (non-hydrogen) atoms. The van der Waals surface area contributed by atoms with Gasteiger partial charge in [-0.1, -0.05) is 30.3 Å². The van der Waals surface area contributed by atoms with Crippen molar-refractivity contribution in [2.24, 2.45) is 0 Å². The molecule has 7 heteroatoms. The number of rotatable bonds is 3. The Morgan fingerprint density at radius 1 is 1.27 bits per heavy atom. The standard InChI is InChI=1S/C15H17N5O2/c21-14-11-19(9-7-16-14)15(22)17-13-6-8-20(18-13)10-12-4-2-1-3-5-12/h1-6,8H,7,9-11H2,(H,16,21)(H,17,18,22). The van der Waals surface area contributed by atoms with Crippen molar-refractivity contribution < 1.29 is 9.59 Å². The molecular weight excluding hydrogens is 282 g/mol. The molecule has 0 saturated carbocycles. The summed E-state index contributed by atoms with van der Waals surface area (Å²) in [5.41, 5.74) is 1.14. The van der Waals surface area contributed by atoms with Gasteiger partial charge in [-0.2, -0.15) is 5.10 Å². The van der Waals surface area contributed by atoms with Gasteiger partial charge in [0.1, 0.15) is 6.54 Å². The summed E-state index contributed by atoms with van der Waals surface area (Å²) in [4.78, 5) is 24.8. The number of hydrogen-bond donors (Lipinski definition) is 2. The van der Waals surface area contributed by atoms with Crippen LogP contribution in [0.15, 0.2) is 42.6 Å². The highest BCUT2D eigenvalue weighted by molar-refractivity contribution is 5.92. The summed E-state index contributed by atoms with van der Waals surface area (Å²) in [6.45, 7) is 1.70. The third-order valence-electron chi connectivity index (χ3n) is 3.39. The quantitative estimate of drug-likeness (QED) is 0.883. The molecule has 1 saturated heterocycles. The number of urea groups is 1. The summed E-state index contributed by atoms with van der Waals surface area (Å²) in [6, 6.07) is 11.4. The minimum atomic E-state index is -0.306. The highest BCUT2D eigenvalue weighted by atomic mass is 16.2. The van der Waals surface area contributed by atoms with Crippen molar-refractivity contribution in [3.05, 3.63) is 48.2 Å². The van der Waals surface area contributed by atoms with Gasteiger partial charge < -0.3 is 10.2 Å². The Bertz CT molecular complexity index is 668. The van der Waals surface area contributed by atoms with E-state index >= 15 is 0 Å². The Labute approximate surface area is 127 Å². The zero-order chi connectivity index (χ0) is 15.4. The molecule has 2 N–H and O–H groups in total. The molecule has 2 heterocycles. The van der Waals surface area contributed by atoms with Crippen molar-refractivity contribution in [2.75, 3.05) is 25.0 Å². The van der Waals surface area contributed by atoms with Crippen molar-refractivity contribution in [1.82, 2.24) is 20.0 Å². The molecule has 1 aliphatic rings. The van der Waals surface area contributed by atoms with Gasteiger partial charge in [0.25, 0.3) is 0 Å². The van der Waals surface area contributed by atoms with Gasteiger partial charge in [0.05, 0.1) is 6.54 Å². The lowest BCUT2D eigenvalue weighted by molar-refractivity contribution is -0.123. The number of nitrogens with one attached hydrogen (secondary N) is 2. The summed E-state index contributed by atoms with van der Waals surface area (Å²) in [5, 5.41) is 9.71. The molecule has 0 spiro atoms. The second kappa shape index (κ2) is 6.30. The van der Waals surface area contributed by atoms with Crippen LogP contribution in [0.4, 0.5) is 10.6 Å². The van der Waals surface area contributed by atoms with Gasteiger partial charge in [0.15, 0.2) is 5.82 Å². The Morgan fingerprint density at radius 3 is 2.86 bits per heavy atom. The van der Waals surface area contributed by atoms with Crippen molar-refractivity contribution >= 4 is 17.8 Å². The Balaban J connectivity index is 1.59. The third-order valence-corrected chi connectivity index (χ3v) is 3.39. The molecule has 3 amide bonds. The summed E-state index contributed by atoms with van der Waals surface area (Å²) in [6.07, 6.45) is 1.81. The zero-order valence-corrected chi connectivity index (χ0v) is 12.0. The minimum Gasteiger partial charge on any atom is -0.353 e. The van der Waals surface area contributed by atoms with E-state index in [1.54, 1.807) is 10.7 Å². The largest absolute Gasteiger partial charge is 0.353 e. The highest BCUT2D eigenvalue weighted by Gasteiger charge is 2.21. The van der Waals surface area contributed by atoms with E-state index in [0.717, 1.165) is 5.56 Å². The van der Waals surface area contributed by atoms with Gasteiger partial charge in [-0.25, -0.2) is 4.79 Å². The van der Waals surface area contributed by atoms with Gasteiger partial charge in [0, 0.05) is 25.4 Å². The second-order valence-corrected chi connectivity index (χ2v) is 5.09. The van der Waals surface area contributed by atoms with E-state index in [-0.39, 0.29) is 18.5 Å². The van der Waals surface area contributed by atoms with Gasteiger partial charge in [-0.15, -0.1) is 0 Å². The predicted octanol–water partition coefficient (Wildman–Crippen LogP) is 0.895. The summed E-state index contributed by atoms with van der Waals surface area (Å²) in [5.74, 6) is 0.336. The molecule has 0 bridgehead atoms. The average Bonchev–Trinajstić information content (AvgIpc) is 2.95. The number of piperazine rings is 1. The Hall–Kier alpha value is -2.83. The fourth-order valence-electron chi connectivity index (χ4n) is 2.29. The summed E-state index contributed by atoms with van der Waals surface area (Å²) in [7, 11) is 0. The first-order valence-electron chi connectivity index (χ1n) is 7.11. The van der Waals surface area contributed by atoms with Crippen LogP contribution in [0, 0.1) is 0 Å². The van der Waals surface area contributed by atoms with Gasteiger partial charge >= 0.3 is 6.03 Å². The maximum atomic E-state index is 12.1. The molecule has 0 radical (unpaired) electrons. The zero-order valence-electron chi connectivity index (χ0n) is 12.0. The van der Waals surface area contributed by atoms with Gasteiger partial charge in [-0.05, 0) is 5.56 Å². The van der Waals surface area contributed by atoms with Crippen LogP contribution in [0.2, 0.25) is 0 Å². The highest BCUT2D eigenvalue weighted by Crippen LogP contribution is 2.08. The molecule has 3 rings (SSSR count). The van der Waals surface area contributed by atoms with Crippen LogP contribution in [0.3, 0.4) is 0 Å². The number of carbonyl (C=O) groups excluding carboxylic acids is 2. The number of benzene rings is 1. The molecule has 0 atom stereocenters. The normalized spacial score (nSPS) is 14.5. The summed E-state index contributed by atoms with van der Waals surface area (Å²) >= 11 is 0. The van der Waals surface area contributed by atoms with Crippen LogP contribution in [-0.2, 0) is 11.3 Å². The number of aromatic nitrogens is 2. The smallest absolute Gasteiger partial charge is 0.323 e. The molecule has 0 aliphatic carbocycles. The Morgan fingerprint density at radius 2 is 2.09 bits per heavy atom. The lowest BCUT2D eigenvalue weighted by Crippen LogP contribution is -2.51. The van der Waals surface area contributed by atoms with Crippen LogP contribution in [0.5, 0.6) is 0 Å². The number of hydrogen-bond acceptors (Lipinski definition) is 3. The van der Waals surface area contributed by atoms with E-state index in [2.05, 4.69) is 15.7 Å². The van der Waals surface area contributed by atoms with Crippen LogP contribution < -0.4 is 10.6 Å². The van der Waals surface area contributed by atoms with Crippen molar-refractivity contribution in [3.63, 3.8) is 0 Å². The van der Waals surface area contributed by atoms with E-state index in [1.807, 2.05) is 36.5 Å². The monoisotopic (exact) mass is 299 g/mol. The molecule has 1 aromatic heterocycles. The maximum Gasteiger partial charge on any atom is 0.323 e. The first-order valence-corrected chi connectivity index (χ1v) is 7.11. The van der Waals surface area contributed by atoms with E-state index < -0.39 is 0 Å². The molecule has 1 fully saturated rings. The van der Waals surface area contributed by atoms with Crippen LogP contribution in [0.1, 0.15) is 5.56 Å². The molecule has 1 aliphatic heterocycles. The molecule has 7 nitrogen and oxygen atoms in total. The number of amides is 3. The van der Waals surface area contributed by atoms with Crippen molar-refractivity contribution in [3.8, 4) is 0 Å². The van der Waals surface area contributed by atoms with E-state index in [1.165, 1.54) is 4.90 Å². The van der Waals surface area contributed by atoms with Crippen LogP contribution in [-0.4, -0.2) is 46.3 Å². The fraction of sp³-hybridized carbons (Fsp3) is 0.267. The minimum absolute atomic E-state index is 0.0799. The van der Waals surface area contributed by atoms with Crippen molar-refractivity contribution in [1.29, 1.82) is 0 Å². The Kier molecular flexibility index (Phi) is 4.04. The molecule has 114 valence electrons. The lowest BCUT2D eigenvalue weighted by Gasteiger charge is -2.26. The number of anilines is 1. The molecule has 0 unspecified atom stereocenters. The number of carbonyl (C=O) groups is 2. The number of nitrogens with zero attached hydrogens (tertiary/aromatic N) is 3. The molecule has 1 aromatic carbocycles. The van der Waals surface area contributed by atoms with E-state index in [4.69, 9.17) is 0 Å². The maximum absolute atomic E-state index is 12.1. The van der Waals surface area contributed by atoms with Gasteiger partial charge in [-0.3, -0.25) is 14.8 Å². The lowest BCUT2D eigenvalue weighted by atomic mass is 10.2.